The maximum absolute atomic E-state index is 10.3. The van der Waals surface area contributed by atoms with Gasteiger partial charge in [-0.05, 0) is 31.7 Å². The molecule has 1 aliphatic rings. The van der Waals surface area contributed by atoms with E-state index in [0.29, 0.717) is 0 Å². The third kappa shape index (κ3) is 1.81. The van der Waals surface area contributed by atoms with Crippen molar-refractivity contribution in [1.29, 1.82) is 0 Å². The average Bonchev–Trinajstić information content (AvgIpc) is 2.19. The fourth-order valence-electron chi connectivity index (χ4n) is 1.88. The highest BCUT2D eigenvalue weighted by Gasteiger charge is 2.31. The molecule has 1 saturated heterocycles. The lowest BCUT2D eigenvalue weighted by Gasteiger charge is -2.32. The summed E-state index contributed by atoms with van der Waals surface area (Å²) in [6.45, 7) is 2.83. The number of aryl methyl sites for hydroxylation is 1. The van der Waals surface area contributed by atoms with E-state index in [2.05, 4.69) is 5.32 Å². The minimum atomic E-state index is -0.911. The number of hydrogen-bond acceptors (Lipinski definition) is 1. The molecule has 14 heavy (non-hydrogen) atoms. The van der Waals surface area contributed by atoms with Crippen molar-refractivity contribution in [2.75, 3.05) is 6.54 Å². The van der Waals surface area contributed by atoms with Crippen LogP contribution in [0.4, 0.5) is 0 Å². The number of benzene rings is 1. The van der Waals surface area contributed by atoms with Crippen molar-refractivity contribution in [1.82, 2.24) is 5.32 Å². The second-order valence-electron chi connectivity index (χ2n) is 4.02. The minimum absolute atomic E-state index is 0.760. The third-order valence-corrected chi connectivity index (χ3v) is 2.82. The normalized spacial score (nSPS) is 27.6. The van der Waals surface area contributed by atoms with Gasteiger partial charge in [0.1, 0.15) is 0 Å². The highest BCUT2D eigenvalue weighted by Crippen LogP contribution is 2.28. The van der Waals surface area contributed by atoms with Crippen LogP contribution in [0.5, 0.6) is 0 Å². The van der Waals surface area contributed by atoms with Crippen molar-refractivity contribution >= 4 is 0 Å². The summed E-state index contributed by atoms with van der Waals surface area (Å²) in [4.78, 5) is 0. The molecule has 1 aliphatic heterocycles. The Labute approximate surface area is 85.0 Å². The SMILES string of the molecule is Cc1ccc(C2(O)CCCC[N]2)cc1. The zero-order valence-electron chi connectivity index (χ0n) is 8.53. The summed E-state index contributed by atoms with van der Waals surface area (Å²) in [5, 5.41) is 14.6. The highest BCUT2D eigenvalue weighted by molar-refractivity contribution is 5.26. The van der Waals surface area contributed by atoms with E-state index in [1.807, 2.05) is 31.2 Å². The maximum atomic E-state index is 10.3. The molecular formula is C12H16NO. The number of piperidine rings is 1. The largest absolute Gasteiger partial charge is 0.370 e. The average molecular weight is 190 g/mol. The third-order valence-electron chi connectivity index (χ3n) is 2.82. The van der Waals surface area contributed by atoms with E-state index in [4.69, 9.17) is 0 Å². The van der Waals surface area contributed by atoms with Crippen LogP contribution in [0.1, 0.15) is 30.4 Å². The van der Waals surface area contributed by atoms with E-state index in [-0.39, 0.29) is 0 Å². The van der Waals surface area contributed by atoms with Crippen molar-refractivity contribution in [2.45, 2.75) is 31.9 Å². The van der Waals surface area contributed by atoms with Gasteiger partial charge in [-0.25, -0.2) is 5.32 Å². The van der Waals surface area contributed by atoms with Gasteiger partial charge in [0, 0.05) is 6.54 Å². The molecule has 1 fully saturated rings. The summed E-state index contributed by atoms with van der Waals surface area (Å²) < 4.78 is 0. The van der Waals surface area contributed by atoms with Crippen molar-refractivity contribution in [2.24, 2.45) is 0 Å². The van der Waals surface area contributed by atoms with Crippen LogP contribution in [0.3, 0.4) is 0 Å². The van der Waals surface area contributed by atoms with Gasteiger partial charge in [-0.15, -0.1) is 0 Å². The number of nitrogens with zero attached hydrogens (tertiary/aromatic N) is 1. The van der Waals surface area contributed by atoms with E-state index in [9.17, 15) is 5.11 Å². The van der Waals surface area contributed by atoms with Crippen LogP contribution in [0.2, 0.25) is 0 Å². The zero-order valence-corrected chi connectivity index (χ0v) is 8.53. The second kappa shape index (κ2) is 3.71. The summed E-state index contributed by atoms with van der Waals surface area (Å²) in [5.74, 6) is 0. The molecule has 1 radical (unpaired) electrons. The molecule has 0 spiro atoms. The minimum Gasteiger partial charge on any atom is -0.370 e. The van der Waals surface area contributed by atoms with Crippen molar-refractivity contribution in [3.05, 3.63) is 35.4 Å². The Morgan fingerprint density at radius 2 is 1.93 bits per heavy atom. The van der Waals surface area contributed by atoms with E-state index < -0.39 is 5.72 Å². The first kappa shape index (κ1) is 9.69. The molecule has 0 saturated carbocycles. The first-order chi connectivity index (χ1) is 6.71. The van der Waals surface area contributed by atoms with Gasteiger partial charge < -0.3 is 5.11 Å². The van der Waals surface area contributed by atoms with Crippen LogP contribution in [0.25, 0.3) is 0 Å². The molecule has 0 aromatic heterocycles. The van der Waals surface area contributed by atoms with E-state index in [1.54, 1.807) is 0 Å². The smallest absolute Gasteiger partial charge is 0.157 e. The van der Waals surface area contributed by atoms with Gasteiger partial charge in [-0.2, -0.15) is 0 Å². The van der Waals surface area contributed by atoms with Gasteiger partial charge in [0.2, 0.25) is 0 Å². The van der Waals surface area contributed by atoms with Crippen LogP contribution >= 0.6 is 0 Å². The fraction of sp³-hybridized carbons (Fsp3) is 0.500. The Hall–Kier alpha value is -0.860. The fourth-order valence-corrected chi connectivity index (χ4v) is 1.88. The Balaban J connectivity index is 2.23. The van der Waals surface area contributed by atoms with Gasteiger partial charge in [-0.3, -0.25) is 0 Å². The summed E-state index contributed by atoms with van der Waals surface area (Å²) in [7, 11) is 0. The van der Waals surface area contributed by atoms with E-state index >= 15 is 0 Å². The molecule has 1 aromatic rings. The Bertz CT molecular complexity index is 299. The first-order valence-corrected chi connectivity index (χ1v) is 5.19. The van der Waals surface area contributed by atoms with Crippen molar-refractivity contribution in [3.8, 4) is 0 Å². The highest BCUT2D eigenvalue weighted by atomic mass is 16.3. The molecule has 2 rings (SSSR count). The number of hydrogen-bond donors (Lipinski definition) is 1. The summed E-state index contributed by atoms with van der Waals surface area (Å²) in [6, 6.07) is 8.00. The summed E-state index contributed by atoms with van der Waals surface area (Å²) >= 11 is 0. The molecule has 0 bridgehead atoms. The zero-order chi connectivity index (χ0) is 10.0. The Morgan fingerprint density at radius 1 is 1.21 bits per heavy atom. The van der Waals surface area contributed by atoms with E-state index in [0.717, 1.165) is 31.4 Å². The van der Waals surface area contributed by atoms with E-state index in [1.165, 1.54) is 5.56 Å². The quantitative estimate of drug-likeness (QED) is 0.721. The predicted molar refractivity (Wildman–Crippen MR) is 55.9 cm³/mol. The molecule has 1 N–H and O–H groups in total. The molecule has 1 atom stereocenters. The lowest BCUT2D eigenvalue weighted by molar-refractivity contribution is -0.0282. The van der Waals surface area contributed by atoms with Crippen LogP contribution in [0, 0.1) is 6.92 Å². The van der Waals surface area contributed by atoms with Crippen LogP contribution in [0.15, 0.2) is 24.3 Å². The van der Waals surface area contributed by atoms with Crippen molar-refractivity contribution < 1.29 is 5.11 Å². The van der Waals surface area contributed by atoms with Gasteiger partial charge in [-0.1, -0.05) is 29.8 Å². The Morgan fingerprint density at radius 3 is 2.50 bits per heavy atom. The number of rotatable bonds is 1. The molecule has 1 unspecified atom stereocenters. The lowest BCUT2D eigenvalue weighted by atomic mass is 9.93. The van der Waals surface area contributed by atoms with Gasteiger partial charge in [0.15, 0.2) is 5.72 Å². The van der Waals surface area contributed by atoms with Crippen LogP contribution in [-0.4, -0.2) is 11.7 Å². The predicted octanol–water partition coefficient (Wildman–Crippen LogP) is 1.93. The molecule has 2 nitrogen and oxygen atoms in total. The van der Waals surface area contributed by atoms with Gasteiger partial charge in [0.05, 0.1) is 0 Å². The van der Waals surface area contributed by atoms with Crippen molar-refractivity contribution in [3.63, 3.8) is 0 Å². The Kier molecular flexibility index (Phi) is 2.57. The lowest BCUT2D eigenvalue weighted by Crippen LogP contribution is -2.40. The monoisotopic (exact) mass is 190 g/mol. The van der Waals surface area contributed by atoms with Gasteiger partial charge in [0.25, 0.3) is 0 Å². The van der Waals surface area contributed by atoms with Gasteiger partial charge >= 0.3 is 0 Å². The molecule has 75 valence electrons. The molecule has 1 aromatic carbocycles. The maximum Gasteiger partial charge on any atom is 0.157 e. The molecule has 0 aliphatic carbocycles. The molecular weight excluding hydrogens is 174 g/mol. The second-order valence-corrected chi connectivity index (χ2v) is 4.02. The first-order valence-electron chi connectivity index (χ1n) is 5.19. The summed E-state index contributed by atoms with van der Waals surface area (Å²) in [5.41, 5.74) is 1.24. The standard InChI is InChI=1S/C12H16NO/c1-10-4-6-11(7-5-10)12(14)8-2-3-9-13-12/h4-7,14H,2-3,8-9H2,1H3. The summed E-state index contributed by atoms with van der Waals surface area (Å²) in [6.07, 6.45) is 2.93. The molecule has 0 amide bonds. The van der Waals surface area contributed by atoms with Crippen LogP contribution in [-0.2, 0) is 5.72 Å². The number of aliphatic hydroxyl groups is 1. The molecule has 1 heterocycles. The molecule has 2 heteroatoms. The topological polar surface area (TPSA) is 34.3 Å². The van der Waals surface area contributed by atoms with Crippen LogP contribution < -0.4 is 5.32 Å².